The fourth-order valence-electron chi connectivity index (χ4n) is 1.10. The Hall–Kier alpha value is -0.0800. The zero-order chi connectivity index (χ0) is 7.98. The third-order valence-electron chi connectivity index (χ3n) is 1.55. The molecular formula is C8H20N2. The summed E-state index contributed by atoms with van der Waals surface area (Å²) in [6, 6.07) is 0.364. The molecule has 0 saturated heterocycles. The Bertz CT molecular complexity index is 71.7. The third kappa shape index (κ3) is 6.05. The summed E-state index contributed by atoms with van der Waals surface area (Å²) < 4.78 is 0. The van der Waals surface area contributed by atoms with Gasteiger partial charge in [0.05, 0.1) is 0 Å². The first kappa shape index (κ1) is 9.92. The van der Waals surface area contributed by atoms with E-state index in [1.54, 1.807) is 0 Å². The van der Waals surface area contributed by atoms with Crippen molar-refractivity contribution in [3.8, 4) is 0 Å². The molecule has 0 aromatic heterocycles. The van der Waals surface area contributed by atoms with Gasteiger partial charge in [-0.05, 0) is 31.7 Å². The molecule has 0 bridgehead atoms. The molecule has 62 valence electrons. The molecule has 0 aliphatic rings. The van der Waals surface area contributed by atoms with E-state index in [2.05, 4.69) is 13.8 Å². The van der Waals surface area contributed by atoms with Gasteiger partial charge in [0.1, 0.15) is 0 Å². The summed E-state index contributed by atoms with van der Waals surface area (Å²) in [5, 5.41) is 0. The van der Waals surface area contributed by atoms with Gasteiger partial charge in [0, 0.05) is 6.04 Å². The van der Waals surface area contributed by atoms with Crippen molar-refractivity contribution in [1.29, 1.82) is 0 Å². The van der Waals surface area contributed by atoms with Gasteiger partial charge < -0.3 is 11.5 Å². The first-order chi connectivity index (χ1) is 4.66. The van der Waals surface area contributed by atoms with Crippen LogP contribution < -0.4 is 11.5 Å². The van der Waals surface area contributed by atoms with Crippen LogP contribution in [-0.4, -0.2) is 12.6 Å². The van der Waals surface area contributed by atoms with E-state index in [1.807, 2.05) is 0 Å². The topological polar surface area (TPSA) is 52.0 Å². The molecule has 1 atom stereocenters. The van der Waals surface area contributed by atoms with Gasteiger partial charge in [-0.15, -0.1) is 0 Å². The van der Waals surface area contributed by atoms with Crippen LogP contribution in [-0.2, 0) is 0 Å². The molecule has 0 aliphatic heterocycles. The van der Waals surface area contributed by atoms with E-state index in [9.17, 15) is 0 Å². The Morgan fingerprint density at radius 1 is 1.30 bits per heavy atom. The Balaban J connectivity index is 3.16. The number of nitrogens with two attached hydrogens (primary N) is 2. The maximum absolute atomic E-state index is 5.81. The predicted octanol–water partition coefficient (Wildman–Crippen LogP) is 1.10. The largest absolute Gasteiger partial charge is 0.330 e. The molecule has 0 heterocycles. The maximum Gasteiger partial charge on any atom is 0.00417 e. The van der Waals surface area contributed by atoms with Gasteiger partial charge in [0.15, 0.2) is 0 Å². The summed E-state index contributed by atoms with van der Waals surface area (Å²) in [6.07, 6.45) is 3.27. The molecule has 0 rings (SSSR count). The van der Waals surface area contributed by atoms with Crippen molar-refractivity contribution < 1.29 is 0 Å². The number of hydrogen-bond acceptors (Lipinski definition) is 2. The first-order valence-corrected chi connectivity index (χ1v) is 4.12. The second-order valence-electron chi connectivity index (χ2n) is 3.32. The molecule has 0 fully saturated rings. The minimum atomic E-state index is 0.364. The van der Waals surface area contributed by atoms with Crippen LogP contribution in [0.5, 0.6) is 0 Å². The van der Waals surface area contributed by atoms with Crippen molar-refractivity contribution in [2.24, 2.45) is 17.4 Å². The second kappa shape index (κ2) is 5.69. The highest BCUT2D eigenvalue weighted by molar-refractivity contribution is 4.63. The zero-order valence-corrected chi connectivity index (χ0v) is 7.14. The lowest BCUT2D eigenvalue weighted by molar-refractivity contribution is 0.465. The number of rotatable bonds is 5. The average Bonchev–Trinajstić information content (AvgIpc) is 1.82. The monoisotopic (exact) mass is 144 g/mol. The summed E-state index contributed by atoms with van der Waals surface area (Å²) in [4.78, 5) is 0. The van der Waals surface area contributed by atoms with Gasteiger partial charge in [0.25, 0.3) is 0 Å². The van der Waals surface area contributed by atoms with Crippen LogP contribution in [0, 0.1) is 5.92 Å². The Labute approximate surface area is 64.0 Å². The van der Waals surface area contributed by atoms with Crippen molar-refractivity contribution in [2.45, 2.75) is 39.2 Å². The quantitative estimate of drug-likeness (QED) is 0.607. The second-order valence-corrected chi connectivity index (χ2v) is 3.32. The lowest BCUT2D eigenvalue weighted by atomic mass is 10.0. The maximum atomic E-state index is 5.81. The van der Waals surface area contributed by atoms with Crippen molar-refractivity contribution in [1.82, 2.24) is 0 Å². The molecule has 2 nitrogen and oxygen atoms in total. The van der Waals surface area contributed by atoms with Crippen LogP contribution in [0.2, 0.25) is 0 Å². The van der Waals surface area contributed by atoms with Crippen molar-refractivity contribution in [2.75, 3.05) is 6.54 Å². The molecule has 0 aliphatic carbocycles. The molecule has 0 aromatic carbocycles. The van der Waals surface area contributed by atoms with Crippen LogP contribution in [0.1, 0.15) is 33.1 Å². The van der Waals surface area contributed by atoms with Gasteiger partial charge in [-0.25, -0.2) is 0 Å². The van der Waals surface area contributed by atoms with Crippen LogP contribution in [0.25, 0.3) is 0 Å². The summed E-state index contributed by atoms with van der Waals surface area (Å²) in [5.74, 6) is 0.716. The molecule has 4 N–H and O–H groups in total. The minimum absolute atomic E-state index is 0.364. The van der Waals surface area contributed by atoms with Gasteiger partial charge in [-0.1, -0.05) is 13.8 Å². The lowest BCUT2D eigenvalue weighted by Crippen LogP contribution is -2.22. The average molecular weight is 144 g/mol. The standard InChI is InChI=1S/C8H20N2/c1-7(2)6-8(10)4-3-5-9/h7-8H,3-6,9-10H2,1-2H3. The molecule has 0 amide bonds. The summed E-state index contributed by atoms with van der Waals surface area (Å²) in [7, 11) is 0. The predicted molar refractivity (Wildman–Crippen MR) is 45.7 cm³/mol. The smallest absolute Gasteiger partial charge is 0.00417 e. The zero-order valence-electron chi connectivity index (χ0n) is 7.14. The van der Waals surface area contributed by atoms with E-state index in [-0.39, 0.29) is 0 Å². The summed E-state index contributed by atoms with van der Waals surface area (Å²) in [5.41, 5.74) is 11.2. The first-order valence-electron chi connectivity index (χ1n) is 4.12. The van der Waals surface area contributed by atoms with Gasteiger partial charge in [-0.2, -0.15) is 0 Å². The summed E-state index contributed by atoms with van der Waals surface area (Å²) >= 11 is 0. The van der Waals surface area contributed by atoms with Crippen LogP contribution in [0.15, 0.2) is 0 Å². The highest BCUT2D eigenvalue weighted by Gasteiger charge is 2.03. The third-order valence-corrected chi connectivity index (χ3v) is 1.55. The van der Waals surface area contributed by atoms with E-state index in [0.29, 0.717) is 12.0 Å². The summed E-state index contributed by atoms with van der Waals surface area (Å²) in [6.45, 7) is 5.16. The minimum Gasteiger partial charge on any atom is -0.330 e. The molecule has 10 heavy (non-hydrogen) atoms. The Morgan fingerprint density at radius 3 is 2.30 bits per heavy atom. The molecule has 0 aromatic rings. The van der Waals surface area contributed by atoms with Crippen molar-refractivity contribution >= 4 is 0 Å². The van der Waals surface area contributed by atoms with E-state index < -0.39 is 0 Å². The van der Waals surface area contributed by atoms with Gasteiger partial charge in [0.2, 0.25) is 0 Å². The lowest BCUT2D eigenvalue weighted by Gasteiger charge is -2.12. The van der Waals surface area contributed by atoms with Crippen molar-refractivity contribution in [3.63, 3.8) is 0 Å². The Kier molecular flexibility index (Phi) is 5.64. The number of hydrogen-bond donors (Lipinski definition) is 2. The highest BCUT2D eigenvalue weighted by Crippen LogP contribution is 2.06. The molecule has 0 radical (unpaired) electrons. The van der Waals surface area contributed by atoms with Gasteiger partial charge >= 0.3 is 0 Å². The fourth-order valence-corrected chi connectivity index (χ4v) is 1.10. The van der Waals surface area contributed by atoms with E-state index in [0.717, 1.165) is 25.8 Å². The molecule has 2 heteroatoms. The van der Waals surface area contributed by atoms with E-state index in [1.165, 1.54) is 0 Å². The van der Waals surface area contributed by atoms with Crippen molar-refractivity contribution in [3.05, 3.63) is 0 Å². The van der Waals surface area contributed by atoms with Gasteiger partial charge in [-0.3, -0.25) is 0 Å². The molecule has 0 spiro atoms. The Morgan fingerprint density at radius 2 is 1.90 bits per heavy atom. The van der Waals surface area contributed by atoms with Crippen LogP contribution in [0.3, 0.4) is 0 Å². The fraction of sp³-hybridized carbons (Fsp3) is 1.00. The van der Waals surface area contributed by atoms with E-state index in [4.69, 9.17) is 11.5 Å². The van der Waals surface area contributed by atoms with E-state index >= 15 is 0 Å². The molecule has 0 saturated carbocycles. The van der Waals surface area contributed by atoms with Crippen LogP contribution in [0.4, 0.5) is 0 Å². The molecule has 1 unspecified atom stereocenters. The normalized spacial score (nSPS) is 14.1. The van der Waals surface area contributed by atoms with Crippen LogP contribution >= 0.6 is 0 Å². The highest BCUT2D eigenvalue weighted by atomic mass is 14.6. The molecular weight excluding hydrogens is 124 g/mol. The SMILES string of the molecule is CC(C)CC(N)CCCN.